The van der Waals surface area contributed by atoms with Crippen molar-refractivity contribution in [1.29, 1.82) is 0 Å². The van der Waals surface area contributed by atoms with Crippen molar-refractivity contribution in [3.8, 4) is 0 Å². The average molecular weight is 446 g/mol. The van der Waals surface area contributed by atoms with Crippen LogP contribution >= 0.6 is 11.8 Å². The Bertz CT molecular complexity index is 901. The molecule has 4 rings (SSSR count). The summed E-state index contributed by atoms with van der Waals surface area (Å²) in [4.78, 5) is 26.8. The van der Waals surface area contributed by atoms with E-state index < -0.39 is 18.0 Å². The van der Waals surface area contributed by atoms with E-state index in [-0.39, 0.29) is 34.9 Å². The lowest BCUT2D eigenvalue weighted by molar-refractivity contribution is -0.163. The number of carboxylic acids is 1. The van der Waals surface area contributed by atoms with Crippen molar-refractivity contribution in [1.82, 2.24) is 15.5 Å². The Morgan fingerprint density at radius 3 is 2.58 bits per heavy atom. The lowest BCUT2D eigenvalue weighted by Gasteiger charge is -2.46. The maximum Gasteiger partial charge on any atom is 0.353 e. The van der Waals surface area contributed by atoms with Gasteiger partial charge in [0.15, 0.2) is 0 Å². The fourth-order valence-electron chi connectivity index (χ4n) is 5.29. The van der Waals surface area contributed by atoms with Gasteiger partial charge in [-0.1, -0.05) is 38.1 Å². The molecule has 0 saturated carbocycles. The SMILES string of the molecule is CNCc1ccc([C@@H]2NC[C@@H](SC3=C(C(=O)O)N4C(=O)[C@H]([C@@H](C)O)[C@H]4[C@H]3C)[C@@H]2C)cc1. The molecule has 3 heterocycles. The van der Waals surface area contributed by atoms with Gasteiger partial charge in [-0.3, -0.25) is 4.79 Å². The third kappa shape index (κ3) is 3.69. The number of rotatable bonds is 7. The van der Waals surface area contributed by atoms with Crippen molar-refractivity contribution in [2.75, 3.05) is 13.6 Å². The predicted molar refractivity (Wildman–Crippen MR) is 120 cm³/mol. The van der Waals surface area contributed by atoms with E-state index in [1.165, 1.54) is 16.0 Å². The molecule has 1 aromatic carbocycles. The summed E-state index contributed by atoms with van der Waals surface area (Å²) in [7, 11) is 1.93. The van der Waals surface area contributed by atoms with Crippen molar-refractivity contribution in [3.63, 3.8) is 0 Å². The molecule has 1 aromatic rings. The second-order valence-corrected chi connectivity index (χ2v) is 10.2. The molecule has 7 nitrogen and oxygen atoms in total. The molecule has 2 saturated heterocycles. The van der Waals surface area contributed by atoms with E-state index in [4.69, 9.17) is 0 Å². The van der Waals surface area contributed by atoms with Crippen LogP contribution in [0.15, 0.2) is 34.9 Å². The van der Waals surface area contributed by atoms with Gasteiger partial charge in [-0.05, 0) is 31.0 Å². The summed E-state index contributed by atoms with van der Waals surface area (Å²) in [6, 6.07) is 8.53. The zero-order valence-corrected chi connectivity index (χ0v) is 19.1. The third-order valence-electron chi connectivity index (χ3n) is 6.96. The maximum absolute atomic E-state index is 12.5. The minimum Gasteiger partial charge on any atom is -0.477 e. The fourth-order valence-corrected chi connectivity index (χ4v) is 6.82. The first-order chi connectivity index (χ1) is 14.8. The summed E-state index contributed by atoms with van der Waals surface area (Å²) in [6.45, 7) is 7.39. The van der Waals surface area contributed by atoms with E-state index in [0.29, 0.717) is 5.92 Å². The van der Waals surface area contributed by atoms with Gasteiger partial charge in [0.25, 0.3) is 0 Å². The number of carbonyl (C=O) groups excluding carboxylic acids is 1. The van der Waals surface area contributed by atoms with Crippen LogP contribution in [-0.4, -0.2) is 58.0 Å². The third-order valence-corrected chi connectivity index (χ3v) is 8.68. The van der Waals surface area contributed by atoms with Gasteiger partial charge in [-0.25, -0.2) is 4.79 Å². The number of aliphatic carboxylic acids is 1. The number of nitrogens with one attached hydrogen (secondary N) is 2. The van der Waals surface area contributed by atoms with Crippen molar-refractivity contribution >= 4 is 23.6 Å². The van der Waals surface area contributed by atoms with Crippen LogP contribution in [0.2, 0.25) is 0 Å². The van der Waals surface area contributed by atoms with Crippen LogP contribution in [0.25, 0.3) is 0 Å². The van der Waals surface area contributed by atoms with Gasteiger partial charge >= 0.3 is 5.97 Å². The summed E-state index contributed by atoms with van der Waals surface area (Å²) in [5.41, 5.74) is 2.58. The first kappa shape index (κ1) is 22.3. The van der Waals surface area contributed by atoms with Crippen molar-refractivity contribution in [2.45, 2.75) is 50.8 Å². The number of hydrogen-bond donors (Lipinski definition) is 4. The minimum atomic E-state index is -1.07. The zero-order chi connectivity index (χ0) is 22.4. The highest BCUT2D eigenvalue weighted by molar-refractivity contribution is 8.03. The van der Waals surface area contributed by atoms with E-state index in [1.807, 2.05) is 14.0 Å². The van der Waals surface area contributed by atoms with Crippen LogP contribution in [0, 0.1) is 17.8 Å². The number of fused-ring (bicyclic) bond motifs is 1. The zero-order valence-electron chi connectivity index (χ0n) is 18.3. The monoisotopic (exact) mass is 445 g/mol. The highest BCUT2D eigenvalue weighted by Gasteiger charge is 2.60. The summed E-state index contributed by atoms with van der Waals surface area (Å²) < 4.78 is 0. The van der Waals surface area contributed by atoms with Crippen molar-refractivity contribution in [3.05, 3.63) is 46.0 Å². The molecule has 168 valence electrons. The van der Waals surface area contributed by atoms with Gasteiger partial charge in [0.05, 0.1) is 18.1 Å². The standard InChI is InChI=1S/C23H31N3O4S/c1-11-16(10-25-18(11)15-7-5-14(6-8-15)9-24-4)31-21-12(2)19-17(13(3)27)22(28)26(19)20(21)23(29)30/h5-8,11-13,16-19,24-25,27H,9-10H2,1-4H3,(H,29,30)/t11-,12+,13+,16+,17+,18+,19+/m0/s1. The van der Waals surface area contributed by atoms with Crippen LogP contribution < -0.4 is 10.6 Å². The maximum atomic E-state index is 12.5. The molecule has 4 N–H and O–H groups in total. The Morgan fingerprint density at radius 1 is 1.32 bits per heavy atom. The molecule has 1 amide bonds. The molecule has 0 unspecified atom stereocenters. The molecule has 3 aliphatic heterocycles. The smallest absolute Gasteiger partial charge is 0.353 e. The second kappa shape index (κ2) is 8.58. The van der Waals surface area contributed by atoms with E-state index in [1.54, 1.807) is 18.7 Å². The Hall–Kier alpha value is -1.87. The van der Waals surface area contributed by atoms with Crippen LogP contribution in [-0.2, 0) is 16.1 Å². The summed E-state index contributed by atoms with van der Waals surface area (Å²) in [5.74, 6) is -1.67. The Labute approximate surface area is 187 Å². The number of amides is 1. The number of β-lactam (4-membered cyclic amide) rings is 1. The number of benzene rings is 1. The number of carbonyl (C=O) groups is 2. The minimum absolute atomic E-state index is 0.0968. The number of thioether (sulfide) groups is 1. The van der Waals surface area contributed by atoms with Crippen molar-refractivity contribution < 1.29 is 19.8 Å². The molecule has 2 fully saturated rings. The largest absolute Gasteiger partial charge is 0.477 e. The fraction of sp³-hybridized carbons (Fsp3) is 0.565. The Kier molecular flexibility index (Phi) is 6.18. The second-order valence-electron chi connectivity index (χ2n) is 8.95. The highest BCUT2D eigenvalue weighted by Crippen LogP contribution is 2.53. The molecule has 7 atom stereocenters. The lowest BCUT2D eigenvalue weighted by Crippen LogP contribution is -2.63. The lowest BCUT2D eigenvalue weighted by atomic mass is 9.79. The number of aliphatic hydroxyl groups is 1. The summed E-state index contributed by atoms with van der Waals surface area (Å²) in [6.07, 6.45) is -0.780. The van der Waals surface area contributed by atoms with Crippen LogP contribution in [0.5, 0.6) is 0 Å². The van der Waals surface area contributed by atoms with E-state index in [9.17, 15) is 19.8 Å². The van der Waals surface area contributed by atoms with Gasteiger partial charge in [0.2, 0.25) is 5.91 Å². The first-order valence-corrected chi connectivity index (χ1v) is 11.8. The normalized spacial score (nSPS) is 33.5. The number of hydrogen-bond acceptors (Lipinski definition) is 6. The van der Waals surface area contributed by atoms with Crippen LogP contribution in [0.4, 0.5) is 0 Å². The molecule has 3 aliphatic rings. The van der Waals surface area contributed by atoms with Crippen LogP contribution in [0.1, 0.15) is 37.9 Å². The number of carboxylic acid groups (broad SMARTS) is 1. The van der Waals surface area contributed by atoms with Gasteiger partial charge in [-0.15, -0.1) is 11.8 Å². The molecule has 0 radical (unpaired) electrons. The Balaban J connectivity index is 1.52. The molecule has 0 aliphatic carbocycles. The summed E-state index contributed by atoms with van der Waals surface area (Å²) in [5, 5.41) is 26.8. The van der Waals surface area contributed by atoms with E-state index in [0.717, 1.165) is 18.0 Å². The quantitative estimate of drug-likeness (QED) is 0.476. The van der Waals surface area contributed by atoms with Crippen molar-refractivity contribution in [2.24, 2.45) is 17.8 Å². The predicted octanol–water partition coefficient (Wildman–Crippen LogP) is 1.94. The average Bonchev–Trinajstić information content (AvgIpc) is 3.19. The molecule has 0 spiro atoms. The topological polar surface area (TPSA) is 102 Å². The van der Waals surface area contributed by atoms with E-state index >= 15 is 0 Å². The molecule has 31 heavy (non-hydrogen) atoms. The molecular weight excluding hydrogens is 414 g/mol. The Morgan fingerprint density at radius 2 is 2.00 bits per heavy atom. The van der Waals surface area contributed by atoms with Gasteiger partial charge in [0.1, 0.15) is 5.70 Å². The molecule has 0 aromatic heterocycles. The molecular formula is C23H31N3O4S. The molecule has 8 heteroatoms. The molecule has 0 bridgehead atoms. The highest BCUT2D eigenvalue weighted by atomic mass is 32.2. The van der Waals surface area contributed by atoms with Gasteiger partial charge < -0.3 is 25.7 Å². The van der Waals surface area contributed by atoms with E-state index in [2.05, 4.69) is 41.8 Å². The number of aliphatic hydroxyl groups excluding tert-OH is 1. The van der Waals surface area contributed by atoms with Gasteiger partial charge in [-0.2, -0.15) is 0 Å². The number of nitrogens with zero attached hydrogens (tertiary/aromatic N) is 1. The van der Waals surface area contributed by atoms with Crippen LogP contribution in [0.3, 0.4) is 0 Å². The first-order valence-electron chi connectivity index (χ1n) is 10.9. The summed E-state index contributed by atoms with van der Waals surface area (Å²) >= 11 is 1.59. The van der Waals surface area contributed by atoms with Gasteiger partial charge in [0, 0.05) is 35.2 Å².